The number of pyridine rings is 2. The van der Waals surface area contributed by atoms with Gasteiger partial charge in [-0.25, -0.2) is 16.8 Å². The predicted molar refractivity (Wildman–Crippen MR) is 221 cm³/mol. The van der Waals surface area contributed by atoms with Crippen LogP contribution in [0.1, 0.15) is 44.5 Å². The molecule has 0 bridgehead atoms. The molecule has 2 N–H and O–H groups in total. The third-order valence-electron chi connectivity index (χ3n) is 10.9. The lowest BCUT2D eigenvalue weighted by Gasteiger charge is -2.27. The van der Waals surface area contributed by atoms with Crippen molar-refractivity contribution < 1.29 is 61.4 Å². The number of H-pyrrole nitrogens is 2. The molecule has 0 fully saturated rings. The number of hydrogen-bond donors (Lipinski definition) is 2. The Labute approximate surface area is 352 Å². The lowest BCUT2D eigenvalue weighted by atomic mass is 9.79. The molecule has 0 saturated heterocycles. The van der Waals surface area contributed by atoms with E-state index in [0.717, 1.165) is 25.9 Å². The molecule has 322 valence electrons. The van der Waals surface area contributed by atoms with E-state index < -0.39 is 31.3 Å². The average molecular weight is 895 g/mol. The largest absolute Gasteiger partial charge is 0.741 e. The number of aromatic nitrogens is 4. The van der Waals surface area contributed by atoms with Gasteiger partial charge in [-0.3, -0.25) is 0 Å². The van der Waals surface area contributed by atoms with Crippen LogP contribution in [0, 0.1) is 13.8 Å². The minimum atomic E-state index is -6.09. The van der Waals surface area contributed by atoms with Crippen molar-refractivity contribution in [1.82, 2.24) is 9.97 Å². The number of hydrogen-bond acceptors (Lipinski definition) is 6. The first kappa shape index (κ1) is 44.0. The van der Waals surface area contributed by atoms with Crippen LogP contribution in [0.25, 0.3) is 68.6 Å². The first-order valence-corrected chi connectivity index (χ1v) is 21.7. The van der Waals surface area contributed by atoms with Crippen LogP contribution in [0.4, 0.5) is 26.3 Å². The molecular formula is C44H36F6N4O6S2. The number of benzene rings is 3. The van der Waals surface area contributed by atoms with Gasteiger partial charge in [-0.05, 0) is 70.5 Å². The maximum absolute atomic E-state index is 10.7. The summed E-state index contributed by atoms with van der Waals surface area (Å²) in [6, 6.07) is 26.3. The fourth-order valence-corrected chi connectivity index (χ4v) is 7.74. The van der Waals surface area contributed by atoms with Crippen LogP contribution >= 0.6 is 0 Å². The second-order valence-corrected chi connectivity index (χ2v) is 17.3. The number of nitrogens with zero attached hydrogens (tertiary/aromatic N) is 2. The summed E-state index contributed by atoms with van der Waals surface area (Å²) in [6.07, 6.45) is 19.9. The zero-order chi connectivity index (χ0) is 44.8. The molecule has 2 aliphatic heterocycles. The molecule has 0 unspecified atom stereocenters. The van der Waals surface area contributed by atoms with Gasteiger partial charge >= 0.3 is 11.0 Å². The van der Waals surface area contributed by atoms with E-state index >= 15 is 0 Å². The van der Waals surface area contributed by atoms with Crippen LogP contribution in [0.3, 0.4) is 0 Å². The van der Waals surface area contributed by atoms with Crippen molar-refractivity contribution in [2.75, 3.05) is 0 Å². The lowest BCUT2D eigenvalue weighted by molar-refractivity contribution is -0.689. The molecule has 9 rings (SSSR count). The van der Waals surface area contributed by atoms with E-state index in [0.29, 0.717) is 0 Å². The Morgan fingerprint density at radius 3 is 1.29 bits per heavy atom. The maximum atomic E-state index is 10.7. The van der Waals surface area contributed by atoms with Gasteiger partial charge in [-0.1, -0.05) is 60.7 Å². The minimum absolute atomic E-state index is 1.00. The van der Waals surface area contributed by atoms with E-state index in [4.69, 9.17) is 25.9 Å². The molecule has 0 aliphatic carbocycles. The van der Waals surface area contributed by atoms with Crippen molar-refractivity contribution in [2.24, 2.45) is 0 Å². The van der Waals surface area contributed by atoms with Gasteiger partial charge in [-0.15, -0.1) is 0 Å². The Kier molecular flexibility index (Phi) is 11.8. The smallest absolute Gasteiger partial charge is 0.485 e. The predicted octanol–water partition coefficient (Wildman–Crippen LogP) is 8.73. The fourth-order valence-electron chi connectivity index (χ4n) is 7.74. The third-order valence-corrected chi connectivity index (χ3v) is 12.0. The summed E-state index contributed by atoms with van der Waals surface area (Å²) < 4.78 is 123. The number of fused-ring (bicyclic) bond motifs is 9. The molecule has 0 saturated carbocycles. The molecule has 6 heterocycles. The lowest BCUT2D eigenvalue weighted by Crippen LogP contribution is -2.43. The highest BCUT2D eigenvalue weighted by Crippen LogP contribution is 2.43. The molecule has 2 aliphatic rings. The molecule has 7 aromatic rings. The summed E-state index contributed by atoms with van der Waals surface area (Å²) in [5, 5.41) is 2.50. The second kappa shape index (κ2) is 16.7. The summed E-state index contributed by atoms with van der Waals surface area (Å²) in [5.74, 6) is 0. The van der Waals surface area contributed by atoms with Gasteiger partial charge in [0.15, 0.2) is 45.7 Å². The molecule has 62 heavy (non-hydrogen) atoms. The Morgan fingerprint density at radius 1 is 0.581 bits per heavy atom. The fraction of sp³-hybridized carbons (Fsp3) is 0.182. The maximum Gasteiger partial charge on any atom is 0.485 e. The van der Waals surface area contributed by atoms with Gasteiger partial charge in [0.25, 0.3) is 0 Å². The van der Waals surface area contributed by atoms with Gasteiger partial charge in [0.05, 0.1) is 11.1 Å². The first-order valence-electron chi connectivity index (χ1n) is 18.9. The SMILES string of the molecule is Cc1c(C)c2c(c3c1CC[n+]1ccc(/C=C/c4c[nH]c5ccccc45)cc1-3)-c1cc(/C=C/c3c[nH]c4ccccc34)cc[n+]1CC2.O=S(=O)([O-])C(F)(F)F.O=S(=O)([O-])C(F)(F)F. The first-order chi connectivity index (χ1) is 29.1. The van der Waals surface area contributed by atoms with Crippen LogP contribution in [0.2, 0.25) is 0 Å². The van der Waals surface area contributed by atoms with E-state index in [9.17, 15) is 26.3 Å². The van der Waals surface area contributed by atoms with Crippen molar-refractivity contribution in [3.05, 3.63) is 142 Å². The summed E-state index contributed by atoms with van der Waals surface area (Å²) in [4.78, 5) is 6.82. The Bertz CT molecular complexity index is 2940. The number of aryl methyl sites for hydroxylation is 2. The number of alkyl halides is 6. The highest BCUT2D eigenvalue weighted by atomic mass is 32.2. The van der Waals surface area contributed by atoms with E-state index in [-0.39, 0.29) is 0 Å². The number of nitrogens with one attached hydrogen (secondary N) is 2. The molecule has 0 atom stereocenters. The van der Waals surface area contributed by atoms with E-state index in [1.807, 2.05) is 0 Å². The monoisotopic (exact) mass is 894 g/mol. The molecule has 3 aromatic carbocycles. The molecule has 4 aromatic heterocycles. The van der Waals surface area contributed by atoms with Crippen LogP contribution in [-0.4, -0.2) is 46.9 Å². The van der Waals surface area contributed by atoms with Crippen molar-refractivity contribution in [3.8, 4) is 22.5 Å². The highest BCUT2D eigenvalue weighted by molar-refractivity contribution is 7.86. The molecule has 0 amide bonds. The van der Waals surface area contributed by atoms with Crippen LogP contribution in [0.5, 0.6) is 0 Å². The highest BCUT2D eigenvalue weighted by Gasteiger charge is 2.38. The Balaban J connectivity index is 0.000000309. The van der Waals surface area contributed by atoms with E-state index in [2.05, 4.69) is 155 Å². The molecule has 0 spiro atoms. The van der Waals surface area contributed by atoms with Gasteiger partial charge in [-0.2, -0.15) is 35.5 Å². The van der Waals surface area contributed by atoms with Crippen LogP contribution < -0.4 is 9.13 Å². The Morgan fingerprint density at radius 2 is 0.935 bits per heavy atom. The standard InChI is InChI=1S/C42H34N4.2CHF3O3S/c1-27-28(2)34-18-22-46-20-16-30(12-14-32-26-44-38-10-6-4-8-36(32)38)24-40(46)42(34)41-33(27)17-21-45-19-15-29(23-39(41)45)11-13-31-25-43-37-9-5-3-7-35(31)37;2*2-1(3,4)8(5,6)7/h3-16,19-20,23-26H,17-18,21-22H2,1-2H3;2*(H,5,6,7). The minimum Gasteiger partial charge on any atom is -0.741 e. The number of halogens is 6. The van der Waals surface area contributed by atoms with Crippen molar-refractivity contribution in [1.29, 1.82) is 0 Å². The zero-order valence-corrected chi connectivity index (χ0v) is 34.4. The zero-order valence-electron chi connectivity index (χ0n) is 32.8. The molecule has 10 nitrogen and oxygen atoms in total. The number of rotatable bonds is 4. The van der Waals surface area contributed by atoms with E-state index in [1.165, 1.54) is 88.8 Å². The van der Waals surface area contributed by atoms with Crippen molar-refractivity contribution in [2.45, 2.75) is 50.8 Å². The molecule has 0 radical (unpaired) electrons. The topological polar surface area (TPSA) is 154 Å². The van der Waals surface area contributed by atoms with E-state index in [1.54, 1.807) is 0 Å². The molecule has 18 heteroatoms. The normalized spacial score (nSPS) is 13.8. The van der Waals surface area contributed by atoms with Gasteiger partial charge in [0, 0.05) is 71.3 Å². The van der Waals surface area contributed by atoms with Crippen molar-refractivity contribution >= 4 is 66.3 Å². The molecular weight excluding hydrogens is 859 g/mol. The van der Waals surface area contributed by atoms with Gasteiger partial charge in [0.1, 0.15) is 0 Å². The summed E-state index contributed by atoms with van der Waals surface area (Å²) >= 11 is 0. The average Bonchev–Trinajstić information content (AvgIpc) is 3.83. The van der Waals surface area contributed by atoms with Crippen LogP contribution in [0.15, 0.2) is 97.6 Å². The third kappa shape index (κ3) is 8.95. The number of para-hydroxylation sites is 2. The summed E-state index contributed by atoms with van der Waals surface area (Å²) in [5.41, 5.74) is 7.29. The number of aromatic amines is 2. The Hall–Kier alpha value is -6.08. The van der Waals surface area contributed by atoms with Gasteiger partial charge in [0.2, 0.25) is 11.4 Å². The van der Waals surface area contributed by atoms with Crippen LogP contribution in [-0.2, 0) is 46.2 Å². The second-order valence-electron chi connectivity index (χ2n) is 14.6. The summed E-state index contributed by atoms with van der Waals surface area (Å²) in [6.45, 7) is 6.68. The van der Waals surface area contributed by atoms with Gasteiger partial charge < -0.3 is 19.1 Å². The summed E-state index contributed by atoms with van der Waals surface area (Å²) in [7, 11) is -12.2. The quantitative estimate of drug-likeness (QED) is 0.0780. The van der Waals surface area contributed by atoms with Crippen molar-refractivity contribution in [3.63, 3.8) is 0 Å².